The highest BCUT2D eigenvalue weighted by Gasteiger charge is 2.46. The van der Waals surface area contributed by atoms with Crippen LogP contribution in [0.2, 0.25) is 0 Å². The molecule has 2 aliphatic rings. The zero-order chi connectivity index (χ0) is 21.4. The Hall–Kier alpha value is -3.29. The fraction of sp³-hybridized carbons (Fsp3) is 0.435. The van der Waals surface area contributed by atoms with E-state index in [1.165, 1.54) is 11.8 Å². The summed E-state index contributed by atoms with van der Waals surface area (Å²) >= 11 is 0. The molecule has 1 unspecified atom stereocenters. The Morgan fingerprint density at radius 2 is 2.19 bits per heavy atom. The van der Waals surface area contributed by atoms with Gasteiger partial charge >= 0.3 is 0 Å². The molecule has 3 aromatic heterocycles. The number of anilines is 1. The maximum absolute atomic E-state index is 13.0. The molecule has 3 aromatic rings. The van der Waals surface area contributed by atoms with Gasteiger partial charge in [-0.1, -0.05) is 5.16 Å². The lowest BCUT2D eigenvalue weighted by atomic mass is 9.77. The van der Waals surface area contributed by atoms with Gasteiger partial charge in [-0.25, -0.2) is 9.97 Å². The van der Waals surface area contributed by atoms with Gasteiger partial charge in [0, 0.05) is 61.7 Å². The van der Waals surface area contributed by atoms with Crippen molar-refractivity contribution in [1.82, 2.24) is 25.0 Å². The average Bonchev–Trinajstić information content (AvgIpc) is 3.47. The van der Waals surface area contributed by atoms with Crippen molar-refractivity contribution in [2.75, 3.05) is 31.6 Å². The summed E-state index contributed by atoms with van der Waals surface area (Å²) in [5, 5.41) is 3.85. The van der Waals surface area contributed by atoms with Crippen molar-refractivity contribution in [2.45, 2.75) is 38.0 Å². The summed E-state index contributed by atoms with van der Waals surface area (Å²) in [4.78, 5) is 31.3. The van der Waals surface area contributed by atoms with Crippen LogP contribution in [-0.2, 0) is 11.8 Å². The van der Waals surface area contributed by atoms with E-state index in [2.05, 4.69) is 29.0 Å². The molecule has 8 nitrogen and oxygen atoms in total. The molecule has 4 heterocycles. The SMILES string of the molecule is CCN(C)c1nc(-c2cccnc2)nc2c1CCC21CCCN(C(=O)c2ccon2)C1. The molecule has 160 valence electrons. The third-order valence-electron chi connectivity index (χ3n) is 6.62. The number of fused-ring (bicyclic) bond motifs is 2. The van der Waals surface area contributed by atoms with Crippen LogP contribution in [0.3, 0.4) is 0 Å². The third kappa shape index (κ3) is 3.36. The van der Waals surface area contributed by atoms with Crippen molar-refractivity contribution in [3.63, 3.8) is 0 Å². The van der Waals surface area contributed by atoms with Gasteiger partial charge in [0.25, 0.3) is 5.91 Å². The van der Waals surface area contributed by atoms with Gasteiger partial charge in [-0.3, -0.25) is 9.78 Å². The number of pyridine rings is 1. The normalized spacial score (nSPS) is 20.1. The summed E-state index contributed by atoms with van der Waals surface area (Å²) in [6, 6.07) is 5.53. The lowest BCUT2D eigenvalue weighted by Gasteiger charge is -2.40. The molecule has 1 aliphatic heterocycles. The second-order valence-corrected chi connectivity index (χ2v) is 8.45. The average molecular weight is 419 g/mol. The molecule has 1 fully saturated rings. The zero-order valence-electron chi connectivity index (χ0n) is 17.9. The molecule has 1 saturated heterocycles. The van der Waals surface area contributed by atoms with E-state index in [9.17, 15) is 4.79 Å². The first kappa shape index (κ1) is 19.7. The number of carbonyl (C=O) groups excluding carboxylic acids is 1. The number of aromatic nitrogens is 4. The first-order valence-electron chi connectivity index (χ1n) is 10.8. The van der Waals surface area contributed by atoms with Crippen LogP contribution in [0.25, 0.3) is 11.4 Å². The van der Waals surface area contributed by atoms with E-state index in [0.717, 1.165) is 55.8 Å². The Kier molecular flexibility index (Phi) is 4.92. The standard InChI is InChI=1S/C23H26N6O2/c1-3-28(2)21-17-7-10-23(19(17)25-20(26-21)16-6-4-11-24-14-16)9-5-12-29(15-23)22(30)18-8-13-31-27-18/h4,6,8,11,13-14H,3,5,7,9-10,12,15H2,1-2H3. The van der Waals surface area contributed by atoms with Crippen LogP contribution >= 0.6 is 0 Å². The quantitative estimate of drug-likeness (QED) is 0.643. The molecule has 1 amide bonds. The van der Waals surface area contributed by atoms with Gasteiger partial charge in [0.1, 0.15) is 12.1 Å². The van der Waals surface area contributed by atoms with Gasteiger partial charge in [0.15, 0.2) is 11.5 Å². The summed E-state index contributed by atoms with van der Waals surface area (Å²) in [7, 11) is 2.07. The largest absolute Gasteiger partial charge is 0.364 e. The smallest absolute Gasteiger partial charge is 0.276 e. The Labute approximate surface area is 181 Å². The molecule has 31 heavy (non-hydrogen) atoms. The Bertz CT molecular complexity index is 1080. The predicted octanol–water partition coefficient (Wildman–Crippen LogP) is 3.10. The Balaban J connectivity index is 1.57. The van der Waals surface area contributed by atoms with Crippen molar-refractivity contribution < 1.29 is 9.32 Å². The molecular formula is C23H26N6O2. The van der Waals surface area contributed by atoms with E-state index in [-0.39, 0.29) is 11.3 Å². The van der Waals surface area contributed by atoms with Crippen LogP contribution in [0, 0.1) is 0 Å². The number of rotatable bonds is 4. The van der Waals surface area contributed by atoms with Crippen LogP contribution in [0.15, 0.2) is 41.4 Å². The number of hydrogen-bond acceptors (Lipinski definition) is 7. The molecule has 0 saturated carbocycles. The lowest BCUT2D eigenvalue weighted by Crippen LogP contribution is -2.48. The summed E-state index contributed by atoms with van der Waals surface area (Å²) in [6.07, 6.45) is 8.86. The predicted molar refractivity (Wildman–Crippen MR) is 116 cm³/mol. The molecule has 5 rings (SSSR count). The van der Waals surface area contributed by atoms with Crippen molar-refractivity contribution in [3.05, 3.63) is 53.8 Å². The van der Waals surface area contributed by atoms with E-state index < -0.39 is 0 Å². The highest BCUT2D eigenvalue weighted by molar-refractivity contribution is 5.92. The Morgan fingerprint density at radius 3 is 2.94 bits per heavy atom. The number of nitrogens with zero attached hydrogens (tertiary/aromatic N) is 6. The van der Waals surface area contributed by atoms with E-state index in [0.29, 0.717) is 18.1 Å². The van der Waals surface area contributed by atoms with Gasteiger partial charge in [0.05, 0.1) is 5.69 Å². The van der Waals surface area contributed by atoms with E-state index in [1.807, 2.05) is 17.0 Å². The minimum Gasteiger partial charge on any atom is -0.364 e. The monoisotopic (exact) mass is 418 g/mol. The summed E-state index contributed by atoms with van der Waals surface area (Å²) in [6.45, 7) is 4.36. The number of piperidine rings is 1. The summed E-state index contributed by atoms with van der Waals surface area (Å²) < 4.78 is 4.89. The first-order valence-corrected chi connectivity index (χ1v) is 10.8. The lowest BCUT2D eigenvalue weighted by molar-refractivity contribution is 0.0623. The van der Waals surface area contributed by atoms with E-state index >= 15 is 0 Å². The number of amides is 1. The maximum atomic E-state index is 13.0. The molecule has 1 aliphatic carbocycles. The van der Waals surface area contributed by atoms with Gasteiger partial charge in [-0.05, 0) is 44.7 Å². The van der Waals surface area contributed by atoms with Crippen LogP contribution in [0.1, 0.15) is 47.9 Å². The molecule has 0 radical (unpaired) electrons. The minimum absolute atomic E-state index is 0.0753. The molecule has 0 aromatic carbocycles. The van der Waals surface area contributed by atoms with Crippen LogP contribution < -0.4 is 4.90 Å². The number of hydrogen-bond donors (Lipinski definition) is 0. The fourth-order valence-corrected chi connectivity index (χ4v) is 4.90. The molecule has 1 spiro atoms. The van der Waals surface area contributed by atoms with Crippen LogP contribution in [0.5, 0.6) is 0 Å². The van der Waals surface area contributed by atoms with Gasteiger partial charge in [0.2, 0.25) is 0 Å². The van der Waals surface area contributed by atoms with Crippen molar-refractivity contribution in [2.24, 2.45) is 0 Å². The summed E-state index contributed by atoms with van der Waals surface area (Å²) in [5.41, 5.74) is 3.42. The molecule has 8 heteroatoms. The molecule has 0 N–H and O–H groups in total. The maximum Gasteiger partial charge on any atom is 0.276 e. The van der Waals surface area contributed by atoms with Crippen LogP contribution in [0.4, 0.5) is 5.82 Å². The highest BCUT2D eigenvalue weighted by atomic mass is 16.5. The molecule has 1 atom stereocenters. The van der Waals surface area contributed by atoms with Gasteiger partial charge in [-0.15, -0.1) is 0 Å². The topological polar surface area (TPSA) is 88.3 Å². The number of likely N-dealkylation sites (tertiary alicyclic amines) is 1. The minimum atomic E-state index is -0.157. The second-order valence-electron chi connectivity index (χ2n) is 8.45. The number of carbonyl (C=O) groups is 1. The van der Waals surface area contributed by atoms with E-state index in [4.69, 9.17) is 14.5 Å². The van der Waals surface area contributed by atoms with Crippen LogP contribution in [-0.4, -0.2) is 57.6 Å². The third-order valence-corrected chi connectivity index (χ3v) is 6.62. The molecular weight excluding hydrogens is 392 g/mol. The fourth-order valence-electron chi connectivity index (χ4n) is 4.90. The second kappa shape index (κ2) is 7.76. The van der Waals surface area contributed by atoms with Gasteiger partial charge < -0.3 is 14.3 Å². The van der Waals surface area contributed by atoms with Crippen molar-refractivity contribution in [3.8, 4) is 11.4 Å². The zero-order valence-corrected chi connectivity index (χ0v) is 17.9. The highest BCUT2D eigenvalue weighted by Crippen LogP contribution is 2.47. The summed E-state index contributed by atoms with van der Waals surface area (Å²) in [5.74, 6) is 1.61. The van der Waals surface area contributed by atoms with E-state index in [1.54, 1.807) is 18.5 Å². The Morgan fingerprint density at radius 1 is 1.29 bits per heavy atom. The van der Waals surface area contributed by atoms with Crippen molar-refractivity contribution >= 4 is 11.7 Å². The van der Waals surface area contributed by atoms with Crippen molar-refractivity contribution in [1.29, 1.82) is 0 Å². The first-order chi connectivity index (χ1) is 15.1. The molecule has 0 bridgehead atoms. The van der Waals surface area contributed by atoms with Gasteiger partial charge in [-0.2, -0.15) is 0 Å².